The molecule has 9 heteroatoms. The van der Waals surface area contributed by atoms with Gasteiger partial charge in [-0.3, -0.25) is 14.9 Å². The number of hydrogen-bond acceptors (Lipinski definition) is 6. The lowest BCUT2D eigenvalue weighted by Crippen LogP contribution is -2.54. The second kappa shape index (κ2) is 11.4. The van der Waals surface area contributed by atoms with E-state index < -0.39 is 23.7 Å². The zero-order chi connectivity index (χ0) is 27.2. The first-order chi connectivity index (χ1) is 18.4. The molecule has 1 heterocycles. The lowest BCUT2D eigenvalue weighted by molar-refractivity contribution is -0.122. The number of allylic oxidation sites excluding steroid dienone is 1. The normalized spacial score (nSPS) is 14.3. The molecule has 0 bridgehead atoms. The highest BCUT2D eigenvalue weighted by Crippen LogP contribution is 2.35. The molecule has 1 saturated heterocycles. The van der Waals surface area contributed by atoms with Crippen molar-refractivity contribution in [1.82, 2.24) is 5.32 Å². The predicted octanol–water partition coefficient (Wildman–Crippen LogP) is 4.82. The van der Waals surface area contributed by atoms with E-state index in [9.17, 15) is 18.8 Å². The maximum absolute atomic E-state index is 14.1. The average molecular weight is 517 g/mol. The van der Waals surface area contributed by atoms with Crippen LogP contribution in [0.1, 0.15) is 16.7 Å². The number of amides is 4. The Morgan fingerprint density at radius 3 is 2.37 bits per heavy atom. The van der Waals surface area contributed by atoms with Crippen molar-refractivity contribution in [2.75, 3.05) is 19.1 Å². The van der Waals surface area contributed by atoms with E-state index in [1.54, 1.807) is 48.5 Å². The Bertz CT molecular complexity index is 1430. The summed E-state index contributed by atoms with van der Waals surface area (Å²) < 4.78 is 30.7. The molecule has 0 aliphatic carbocycles. The van der Waals surface area contributed by atoms with E-state index in [1.807, 2.05) is 0 Å². The molecular formula is C29H25FN2O6. The quantitative estimate of drug-likeness (QED) is 0.249. The van der Waals surface area contributed by atoms with E-state index in [0.717, 1.165) is 4.90 Å². The summed E-state index contributed by atoms with van der Waals surface area (Å²) in [6.45, 7) is 3.74. The number of imide groups is 2. The van der Waals surface area contributed by atoms with E-state index in [0.29, 0.717) is 40.4 Å². The summed E-state index contributed by atoms with van der Waals surface area (Å²) in [5.74, 6) is -0.756. The van der Waals surface area contributed by atoms with Gasteiger partial charge in [-0.25, -0.2) is 14.1 Å². The average Bonchev–Trinajstić information content (AvgIpc) is 2.91. The number of rotatable bonds is 9. The number of carbonyl (C=O) groups excluding carboxylic acids is 3. The van der Waals surface area contributed by atoms with E-state index in [1.165, 1.54) is 38.5 Å². The molecule has 0 unspecified atom stereocenters. The Balaban J connectivity index is 1.69. The minimum absolute atomic E-state index is 0.0343. The van der Waals surface area contributed by atoms with Gasteiger partial charge in [0.1, 0.15) is 23.7 Å². The molecule has 194 valence electrons. The third kappa shape index (κ3) is 5.41. The first-order valence-corrected chi connectivity index (χ1v) is 11.6. The molecular weight excluding hydrogens is 491 g/mol. The number of halogens is 1. The van der Waals surface area contributed by atoms with Crippen LogP contribution in [-0.4, -0.2) is 32.1 Å². The van der Waals surface area contributed by atoms with Gasteiger partial charge in [-0.2, -0.15) is 0 Å². The van der Waals surface area contributed by atoms with Crippen LogP contribution in [0.5, 0.6) is 17.2 Å². The Labute approximate surface area is 218 Å². The van der Waals surface area contributed by atoms with Gasteiger partial charge in [-0.1, -0.05) is 24.3 Å². The van der Waals surface area contributed by atoms with Gasteiger partial charge in [0.05, 0.1) is 19.9 Å². The van der Waals surface area contributed by atoms with Gasteiger partial charge in [0, 0.05) is 11.1 Å². The van der Waals surface area contributed by atoms with Crippen LogP contribution in [0.25, 0.3) is 6.08 Å². The van der Waals surface area contributed by atoms with Crippen LogP contribution >= 0.6 is 0 Å². The summed E-state index contributed by atoms with van der Waals surface area (Å²) in [6, 6.07) is 15.0. The zero-order valence-corrected chi connectivity index (χ0v) is 20.8. The number of methoxy groups -OCH3 is 2. The number of ether oxygens (including phenoxy) is 3. The van der Waals surface area contributed by atoms with E-state index in [2.05, 4.69) is 11.9 Å². The van der Waals surface area contributed by atoms with Gasteiger partial charge in [0.2, 0.25) is 0 Å². The first-order valence-electron chi connectivity index (χ1n) is 11.6. The van der Waals surface area contributed by atoms with Gasteiger partial charge in [-0.15, -0.1) is 6.58 Å². The summed E-state index contributed by atoms with van der Waals surface area (Å²) in [6.07, 6.45) is 3.40. The first kappa shape index (κ1) is 26.2. The molecule has 1 aliphatic heterocycles. The van der Waals surface area contributed by atoms with Gasteiger partial charge < -0.3 is 14.2 Å². The number of nitrogens with zero attached hydrogens (tertiary/aromatic N) is 1. The highest BCUT2D eigenvalue weighted by Gasteiger charge is 2.37. The number of carbonyl (C=O) groups is 3. The smallest absolute Gasteiger partial charge is 0.335 e. The number of urea groups is 1. The van der Waals surface area contributed by atoms with Crippen molar-refractivity contribution in [3.05, 3.63) is 101 Å². The van der Waals surface area contributed by atoms with Gasteiger partial charge in [0.25, 0.3) is 11.8 Å². The molecule has 1 N–H and O–H groups in total. The van der Waals surface area contributed by atoms with Crippen molar-refractivity contribution in [1.29, 1.82) is 0 Å². The lowest BCUT2D eigenvalue weighted by Gasteiger charge is -2.26. The molecule has 0 aromatic heterocycles. The highest BCUT2D eigenvalue weighted by atomic mass is 19.1. The summed E-state index contributed by atoms with van der Waals surface area (Å²) in [4.78, 5) is 39.3. The van der Waals surface area contributed by atoms with Crippen molar-refractivity contribution >= 4 is 29.6 Å². The fourth-order valence-corrected chi connectivity index (χ4v) is 3.94. The molecule has 0 radical (unpaired) electrons. The molecule has 3 aromatic rings. The van der Waals surface area contributed by atoms with Crippen LogP contribution in [0.3, 0.4) is 0 Å². The van der Waals surface area contributed by atoms with Gasteiger partial charge in [-0.05, 0) is 60.5 Å². The van der Waals surface area contributed by atoms with Gasteiger partial charge in [0.15, 0.2) is 11.5 Å². The standard InChI is InChI=1S/C29H25FN2O6/c1-4-7-19-14-18(16-25(37-3)26(19)38-17-20-8-5-6-9-24(20)30)15-23-27(33)31-29(35)32(28(23)34)21-10-12-22(36-2)13-11-21/h4-6,8-16H,1,7,17H2,2-3H3,(H,31,33,35)/b23-15+. The second-order valence-corrected chi connectivity index (χ2v) is 8.24. The minimum Gasteiger partial charge on any atom is -0.497 e. The van der Waals surface area contributed by atoms with Crippen LogP contribution < -0.4 is 24.4 Å². The molecule has 38 heavy (non-hydrogen) atoms. The Morgan fingerprint density at radius 2 is 1.71 bits per heavy atom. The molecule has 0 saturated carbocycles. The Hall–Kier alpha value is -4.92. The maximum Gasteiger partial charge on any atom is 0.335 e. The van der Waals surface area contributed by atoms with Crippen molar-refractivity contribution in [3.8, 4) is 17.2 Å². The van der Waals surface area contributed by atoms with Crippen LogP contribution in [0, 0.1) is 5.82 Å². The van der Waals surface area contributed by atoms with Crippen molar-refractivity contribution in [2.24, 2.45) is 0 Å². The van der Waals surface area contributed by atoms with Crippen molar-refractivity contribution in [3.63, 3.8) is 0 Å². The molecule has 0 spiro atoms. The number of anilines is 1. The third-order valence-corrected chi connectivity index (χ3v) is 5.81. The molecule has 3 aromatic carbocycles. The number of benzene rings is 3. The summed E-state index contributed by atoms with van der Waals surface area (Å²) >= 11 is 0. The van der Waals surface area contributed by atoms with E-state index in [-0.39, 0.29) is 17.9 Å². The molecule has 0 atom stereocenters. The highest BCUT2D eigenvalue weighted by molar-refractivity contribution is 6.39. The van der Waals surface area contributed by atoms with Crippen LogP contribution in [0.15, 0.2) is 78.9 Å². The fourth-order valence-electron chi connectivity index (χ4n) is 3.94. The fraction of sp³-hybridized carbons (Fsp3) is 0.138. The van der Waals surface area contributed by atoms with Crippen LogP contribution in [0.4, 0.5) is 14.9 Å². The molecule has 1 aliphatic rings. The van der Waals surface area contributed by atoms with Crippen molar-refractivity contribution < 1.29 is 33.0 Å². The number of hydrogen-bond donors (Lipinski definition) is 1. The van der Waals surface area contributed by atoms with Crippen molar-refractivity contribution in [2.45, 2.75) is 13.0 Å². The van der Waals surface area contributed by atoms with Crippen LogP contribution in [-0.2, 0) is 22.6 Å². The summed E-state index contributed by atoms with van der Waals surface area (Å²) in [5, 5.41) is 2.20. The minimum atomic E-state index is -0.857. The summed E-state index contributed by atoms with van der Waals surface area (Å²) in [7, 11) is 2.95. The molecule has 1 fully saturated rings. The second-order valence-electron chi connectivity index (χ2n) is 8.24. The molecule has 4 rings (SSSR count). The maximum atomic E-state index is 14.1. The van der Waals surface area contributed by atoms with Crippen LogP contribution in [0.2, 0.25) is 0 Å². The Kier molecular flexibility index (Phi) is 7.86. The van der Waals surface area contributed by atoms with E-state index in [4.69, 9.17) is 14.2 Å². The molecule has 8 nitrogen and oxygen atoms in total. The number of barbiturate groups is 1. The zero-order valence-electron chi connectivity index (χ0n) is 20.8. The predicted molar refractivity (Wildman–Crippen MR) is 140 cm³/mol. The van der Waals surface area contributed by atoms with Gasteiger partial charge >= 0.3 is 6.03 Å². The SMILES string of the molecule is C=CCc1cc(/C=C2\C(=O)NC(=O)N(c3ccc(OC)cc3)C2=O)cc(OC)c1OCc1ccccc1F. The molecule has 4 amide bonds. The monoisotopic (exact) mass is 516 g/mol. The van der Waals surface area contributed by atoms with E-state index >= 15 is 0 Å². The summed E-state index contributed by atoms with van der Waals surface area (Å²) in [5.41, 5.74) is 1.51. The number of nitrogens with one attached hydrogen (secondary N) is 1. The topological polar surface area (TPSA) is 94.2 Å². The Morgan fingerprint density at radius 1 is 0.974 bits per heavy atom. The lowest BCUT2D eigenvalue weighted by atomic mass is 10.0. The largest absolute Gasteiger partial charge is 0.497 e. The third-order valence-electron chi connectivity index (χ3n) is 5.81.